The zero-order chi connectivity index (χ0) is 23.2. The SMILES string of the molecule is N#Cc1ncc(-c2ccc(-c3cnc(N(C4CC4)[C@@H]4C[C@@H]5CCC[C@H](N5)[C@@H]4F)nn3)c(O)c2)s1. The molecule has 4 heterocycles. The Morgan fingerprint density at radius 2 is 2.03 bits per heavy atom. The topological polar surface area (TPSA) is 111 Å². The monoisotopic (exact) mass is 477 g/mol. The Morgan fingerprint density at radius 3 is 2.74 bits per heavy atom. The second-order valence-corrected chi connectivity index (χ2v) is 10.3. The number of aromatic nitrogens is 4. The fraction of sp³-hybridized carbons (Fsp3) is 0.458. The van der Waals surface area contributed by atoms with E-state index in [2.05, 4.69) is 30.4 Å². The van der Waals surface area contributed by atoms with Crippen LogP contribution >= 0.6 is 11.3 Å². The molecule has 0 radical (unpaired) electrons. The number of benzene rings is 1. The van der Waals surface area contributed by atoms with Gasteiger partial charge in [-0.2, -0.15) is 5.26 Å². The first-order chi connectivity index (χ1) is 16.6. The number of anilines is 1. The van der Waals surface area contributed by atoms with Crippen LogP contribution in [0.1, 0.15) is 43.5 Å². The Kier molecular flexibility index (Phi) is 5.38. The third-order valence-corrected chi connectivity index (χ3v) is 7.98. The molecule has 0 amide bonds. The molecule has 2 bridgehead atoms. The van der Waals surface area contributed by atoms with Crippen molar-refractivity contribution in [1.82, 2.24) is 25.5 Å². The fourth-order valence-corrected chi connectivity index (χ4v) is 5.96. The van der Waals surface area contributed by atoms with Crippen molar-refractivity contribution in [2.75, 3.05) is 4.90 Å². The lowest BCUT2D eigenvalue weighted by Crippen LogP contribution is -2.62. The maximum Gasteiger partial charge on any atom is 0.245 e. The highest BCUT2D eigenvalue weighted by Gasteiger charge is 2.47. The van der Waals surface area contributed by atoms with E-state index < -0.39 is 6.17 Å². The van der Waals surface area contributed by atoms with Crippen molar-refractivity contribution < 1.29 is 9.50 Å². The molecule has 1 aliphatic carbocycles. The van der Waals surface area contributed by atoms with E-state index in [1.807, 2.05) is 12.1 Å². The molecular formula is C24H24FN7OS. The lowest BCUT2D eigenvalue weighted by molar-refractivity contribution is 0.103. The van der Waals surface area contributed by atoms with Crippen LogP contribution < -0.4 is 10.2 Å². The van der Waals surface area contributed by atoms with Crippen LogP contribution in [0.3, 0.4) is 0 Å². The highest BCUT2D eigenvalue weighted by atomic mass is 32.1. The first-order valence-corrected chi connectivity index (χ1v) is 12.5. The molecule has 1 saturated carbocycles. The summed E-state index contributed by atoms with van der Waals surface area (Å²) in [6, 6.07) is 7.53. The minimum absolute atomic E-state index is 0.0438. The van der Waals surface area contributed by atoms with Gasteiger partial charge in [-0.05, 0) is 49.8 Å². The van der Waals surface area contributed by atoms with Crippen molar-refractivity contribution in [3.05, 3.63) is 35.6 Å². The van der Waals surface area contributed by atoms with Crippen molar-refractivity contribution in [3.63, 3.8) is 0 Å². The zero-order valence-corrected chi connectivity index (χ0v) is 19.2. The van der Waals surface area contributed by atoms with Gasteiger partial charge in [-0.25, -0.2) is 14.4 Å². The largest absolute Gasteiger partial charge is 0.507 e. The number of aromatic hydroxyl groups is 1. The Bertz CT molecular complexity index is 1240. The van der Waals surface area contributed by atoms with Crippen molar-refractivity contribution in [2.45, 2.75) is 68.9 Å². The molecule has 0 unspecified atom stereocenters. The van der Waals surface area contributed by atoms with Gasteiger partial charge in [0, 0.05) is 29.9 Å². The number of piperidine rings is 2. The molecular weight excluding hydrogens is 453 g/mol. The number of phenols is 1. The fourth-order valence-electron chi connectivity index (χ4n) is 5.25. The molecule has 4 atom stereocenters. The summed E-state index contributed by atoms with van der Waals surface area (Å²) < 4.78 is 15.4. The highest BCUT2D eigenvalue weighted by Crippen LogP contribution is 2.39. The summed E-state index contributed by atoms with van der Waals surface area (Å²) >= 11 is 1.27. The number of fused-ring (bicyclic) bond motifs is 2. The molecule has 2 aliphatic heterocycles. The Labute approximate surface area is 200 Å². The summed E-state index contributed by atoms with van der Waals surface area (Å²) in [5.41, 5.74) is 1.73. The van der Waals surface area contributed by atoms with Crippen LogP contribution in [0.4, 0.5) is 10.3 Å². The van der Waals surface area contributed by atoms with E-state index >= 15 is 4.39 Å². The summed E-state index contributed by atoms with van der Waals surface area (Å²) in [5.74, 6) is 0.506. The van der Waals surface area contributed by atoms with E-state index in [-0.39, 0.29) is 23.9 Å². The smallest absolute Gasteiger partial charge is 0.245 e. The molecule has 2 aromatic heterocycles. The molecule has 174 valence electrons. The van der Waals surface area contributed by atoms with Gasteiger partial charge in [0.15, 0.2) is 5.01 Å². The average molecular weight is 478 g/mol. The lowest BCUT2D eigenvalue weighted by atomic mass is 9.82. The lowest BCUT2D eigenvalue weighted by Gasteiger charge is -2.46. The number of nitrogens with one attached hydrogen (secondary N) is 1. The van der Waals surface area contributed by atoms with Crippen molar-refractivity contribution >= 4 is 17.3 Å². The number of thiazole rings is 1. The number of hydrogen-bond acceptors (Lipinski definition) is 9. The molecule has 6 rings (SSSR count). The second kappa shape index (κ2) is 8.56. The van der Waals surface area contributed by atoms with Crippen LogP contribution in [-0.4, -0.2) is 55.6 Å². The van der Waals surface area contributed by atoms with Gasteiger partial charge in [0.2, 0.25) is 5.95 Å². The summed E-state index contributed by atoms with van der Waals surface area (Å²) in [4.78, 5) is 11.5. The third-order valence-electron chi connectivity index (χ3n) is 7.03. The average Bonchev–Trinajstić information content (AvgIpc) is 3.57. The van der Waals surface area contributed by atoms with Gasteiger partial charge in [0.1, 0.15) is 23.7 Å². The van der Waals surface area contributed by atoms with E-state index in [1.165, 1.54) is 11.3 Å². The van der Waals surface area contributed by atoms with E-state index in [9.17, 15) is 5.11 Å². The molecule has 3 fully saturated rings. The molecule has 10 heteroatoms. The normalized spacial score (nSPS) is 26.1. The predicted molar refractivity (Wildman–Crippen MR) is 126 cm³/mol. The third kappa shape index (κ3) is 3.89. The summed E-state index contributed by atoms with van der Waals surface area (Å²) in [6.45, 7) is 0. The van der Waals surface area contributed by atoms with Crippen LogP contribution in [0.15, 0.2) is 30.6 Å². The van der Waals surface area contributed by atoms with Crippen molar-refractivity contribution in [1.29, 1.82) is 5.26 Å². The minimum atomic E-state index is -0.953. The van der Waals surface area contributed by atoms with Gasteiger partial charge in [-0.3, -0.25) is 0 Å². The first-order valence-electron chi connectivity index (χ1n) is 11.7. The molecule has 3 aromatic rings. The van der Waals surface area contributed by atoms with Gasteiger partial charge >= 0.3 is 0 Å². The molecule has 3 aliphatic rings. The zero-order valence-electron chi connectivity index (χ0n) is 18.4. The van der Waals surface area contributed by atoms with E-state index in [0.29, 0.717) is 28.3 Å². The maximum absolute atomic E-state index is 15.4. The van der Waals surface area contributed by atoms with E-state index in [4.69, 9.17) is 5.26 Å². The Morgan fingerprint density at radius 1 is 1.15 bits per heavy atom. The number of phenolic OH excluding ortho intramolecular Hbond substituents is 1. The maximum atomic E-state index is 15.4. The number of halogens is 1. The molecule has 2 saturated heterocycles. The molecule has 34 heavy (non-hydrogen) atoms. The van der Waals surface area contributed by atoms with Gasteiger partial charge in [0.05, 0.1) is 17.1 Å². The first kappa shape index (κ1) is 21.4. The quantitative estimate of drug-likeness (QED) is 0.570. The summed E-state index contributed by atoms with van der Waals surface area (Å²) in [5, 5.41) is 32.2. The van der Waals surface area contributed by atoms with Gasteiger partial charge in [-0.15, -0.1) is 21.5 Å². The van der Waals surface area contributed by atoms with Crippen molar-refractivity contribution in [3.8, 4) is 33.5 Å². The number of rotatable bonds is 5. The highest BCUT2D eigenvalue weighted by molar-refractivity contribution is 7.15. The number of nitriles is 1. The molecule has 0 spiro atoms. The summed E-state index contributed by atoms with van der Waals surface area (Å²) in [6.07, 6.45) is 8.10. The van der Waals surface area contributed by atoms with Gasteiger partial charge in [-0.1, -0.05) is 12.5 Å². The Hall–Kier alpha value is -3.16. The van der Waals surface area contributed by atoms with Crippen LogP contribution in [0.5, 0.6) is 5.75 Å². The number of nitrogens with zero attached hydrogens (tertiary/aromatic N) is 6. The molecule has 8 nitrogen and oxygen atoms in total. The van der Waals surface area contributed by atoms with Crippen LogP contribution in [0.2, 0.25) is 0 Å². The van der Waals surface area contributed by atoms with Gasteiger partial charge in [0.25, 0.3) is 0 Å². The number of alkyl halides is 1. The minimum Gasteiger partial charge on any atom is -0.507 e. The standard InChI is InChI=1S/C24H24FN7OS/c25-23-17-3-1-2-14(29-17)9-19(23)32(15-5-6-15)24-28-11-18(30-31-24)16-7-4-13(8-20(16)33)21-12-27-22(10-26)34-21/h4,7-8,11-12,14-15,17,19,23,29,33H,1-3,5-6,9H2/t14-,17-,19+,23-/m0/s1. The number of hydrogen-bond donors (Lipinski definition) is 2. The van der Waals surface area contributed by atoms with Crippen LogP contribution in [-0.2, 0) is 0 Å². The van der Waals surface area contributed by atoms with E-state index in [0.717, 1.165) is 49.0 Å². The van der Waals surface area contributed by atoms with Crippen LogP contribution in [0.25, 0.3) is 21.7 Å². The predicted octanol–water partition coefficient (Wildman–Crippen LogP) is 3.83. The summed E-state index contributed by atoms with van der Waals surface area (Å²) in [7, 11) is 0. The van der Waals surface area contributed by atoms with E-state index in [1.54, 1.807) is 24.5 Å². The van der Waals surface area contributed by atoms with Crippen molar-refractivity contribution in [2.24, 2.45) is 0 Å². The second-order valence-electron chi connectivity index (χ2n) is 9.30. The molecule has 2 N–H and O–H groups in total. The van der Waals surface area contributed by atoms with Crippen LogP contribution in [0, 0.1) is 11.3 Å². The van der Waals surface area contributed by atoms with Gasteiger partial charge < -0.3 is 15.3 Å². The Balaban J connectivity index is 1.25. The molecule has 1 aromatic carbocycles.